The molecule has 0 heterocycles. The van der Waals surface area contributed by atoms with Gasteiger partial charge in [-0.05, 0) is 49.1 Å². The zero-order valence-electron chi connectivity index (χ0n) is 10.2. The Morgan fingerprint density at radius 3 is 2.50 bits per heavy atom. The predicted molar refractivity (Wildman–Crippen MR) is 70.4 cm³/mol. The molecule has 0 radical (unpaired) electrons. The van der Waals surface area contributed by atoms with Gasteiger partial charge in [-0.1, -0.05) is 12.1 Å². The smallest absolute Gasteiger partial charge is 0.242 e. The minimum Gasteiger partial charge on any atom is -0.398 e. The van der Waals surface area contributed by atoms with Crippen molar-refractivity contribution < 1.29 is 8.42 Å². The van der Waals surface area contributed by atoms with Gasteiger partial charge in [0.25, 0.3) is 0 Å². The van der Waals surface area contributed by atoms with Crippen molar-refractivity contribution in [2.45, 2.75) is 30.6 Å². The predicted octanol–water partition coefficient (Wildman–Crippen LogP) is 1.74. The first kappa shape index (κ1) is 12.0. The van der Waals surface area contributed by atoms with Gasteiger partial charge in [0.05, 0.1) is 5.69 Å². The zero-order chi connectivity index (χ0) is 12.8. The Morgan fingerprint density at radius 1 is 1.28 bits per heavy atom. The standard InChI is InChI=1S/C13H18N2O2S/c14-11-3-1-2-4-12(11)18(16,17)15-9-13(7-8-13)10-5-6-10/h1-4,10,15H,5-9,14H2. The number of benzene rings is 1. The second-order valence-corrected chi connectivity index (χ2v) is 7.23. The molecule has 1 aromatic rings. The van der Waals surface area contributed by atoms with E-state index in [1.165, 1.54) is 12.8 Å². The highest BCUT2D eigenvalue weighted by Gasteiger charge is 2.53. The normalized spacial score (nSPS) is 21.8. The second-order valence-electron chi connectivity index (χ2n) is 5.50. The molecule has 4 nitrogen and oxygen atoms in total. The molecular formula is C13H18N2O2S. The Balaban J connectivity index is 1.73. The molecule has 18 heavy (non-hydrogen) atoms. The van der Waals surface area contributed by atoms with Gasteiger partial charge < -0.3 is 5.73 Å². The molecule has 0 unspecified atom stereocenters. The van der Waals surface area contributed by atoms with Gasteiger partial charge in [-0.25, -0.2) is 13.1 Å². The average molecular weight is 266 g/mol. The number of nitrogen functional groups attached to an aromatic ring is 1. The molecule has 2 fully saturated rings. The fraction of sp³-hybridized carbons (Fsp3) is 0.538. The summed E-state index contributed by atoms with van der Waals surface area (Å²) in [6.45, 7) is 0.564. The first-order valence-electron chi connectivity index (χ1n) is 6.38. The molecule has 1 aromatic carbocycles. The molecule has 2 aliphatic carbocycles. The highest BCUT2D eigenvalue weighted by Crippen LogP contribution is 2.60. The van der Waals surface area contributed by atoms with Crippen LogP contribution < -0.4 is 10.5 Å². The molecule has 0 amide bonds. The van der Waals surface area contributed by atoms with E-state index in [-0.39, 0.29) is 10.3 Å². The summed E-state index contributed by atoms with van der Waals surface area (Å²) in [7, 11) is -3.46. The summed E-state index contributed by atoms with van der Waals surface area (Å²) < 4.78 is 27.1. The Labute approximate surface area is 108 Å². The van der Waals surface area contributed by atoms with Crippen LogP contribution in [0.3, 0.4) is 0 Å². The largest absolute Gasteiger partial charge is 0.398 e. The van der Waals surface area contributed by atoms with Crippen molar-refractivity contribution in [1.29, 1.82) is 0 Å². The highest BCUT2D eigenvalue weighted by atomic mass is 32.2. The summed E-state index contributed by atoms with van der Waals surface area (Å²) in [5.41, 5.74) is 6.28. The summed E-state index contributed by atoms with van der Waals surface area (Å²) in [4.78, 5) is 0.191. The fourth-order valence-corrected chi connectivity index (χ4v) is 3.90. The van der Waals surface area contributed by atoms with Crippen molar-refractivity contribution in [2.24, 2.45) is 11.3 Å². The molecule has 0 saturated heterocycles. The second kappa shape index (κ2) is 3.96. The number of nitrogens with one attached hydrogen (secondary N) is 1. The third kappa shape index (κ3) is 2.12. The zero-order valence-corrected chi connectivity index (χ0v) is 11.0. The van der Waals surface area contributed by atoms with Crippen LogP contribution in [0.2, 0.25) is 0 Å². The quantitative estimate of drug-likeness (QED) is 0.797. The lowest BCUT2D eigenvalue weighted by molar-refractivity contribution is 0.432. The molecule has 2 saturated carbocycles. The molecule has 0 atom stereocenters. The van der Waals surface area contributed by atoms with E-state index in [0.29, 0.717) is 12.2 Å². The van der Waals surface area contributed by atoms with Crippen molar-refractivity contribution >= 4 is 15.7 Å². The lowest BCUT2D eigenvalue weighted by Gasteiger charge is -2.15. The summed E-state index contributed by atoms with van der Waals surface area (Å²) in [6, 6.07) is 6.59. The van der Waals surface area contributed by atoms with Gasteiger partial charge in [0, 0.05) is 6.54 Å². The van der Waals surface area contributed by atoms with E-state index in [1.807, 2.05) is 0 Å². The van der Waals surface area contributed by atoms with Crippen LogP contribution in [0, 0.1) is 11.3 Å². The monoisotopic (exact) mass is 266 g/mol. The third-order valence-electron chi connectivity index (χ3n) is 4.16. The lowest BCUT2D eigenvalue weighted by atomic mass is 10.0. The summed E-state index contributed by atoms with van der Waals surface area (Å²) in [6.07, 6.45) is 4.83. The first-order valence-corrected chi connectivity index (χ1v) is 7.86. The Hall–Kier alpha value is -1.07. The number of rotatable bonds is 5. The summed E-state index contributed by atoms with van der Waals surface area (Å²) in [5.74, 6) is 0.744. The van der Waals surface area contributed by atoms with Crippen molar-refractivity contribution in [1.82, 2.24) is 4.72 Å². The van der Waals surface area contributed by atoms with Crippen molar-refractivity contribution in [3.8, 4) is 0 Å². The number of nitrogens with two attached hydrogens (primary N) is 1. The van der Waals surface area contributed by atoms with Gasteiger partial charge >= 0.3 is 0 Å². The maximum atomic E-state index is 12.2. The number of hydrogen-bond acceptors (Lipinski definition) is 3. The summed E-state index contributed by atoms with van der Waals surface area (Å²) in [5, 5.41) is 0. The van der Waals surface area contributed by atoms with Crippen molar-refractivity contribution in [3.63, 3.8) is 0 Å². The van der Waals surface area contributed by atoms with Gasteiger partial charge in [0.15, 0.2) is 0 Å². The fourth-order valence-electron chi connectivity index (χ4n) is 2.63. The molecule has 0 bridgehead atoms. The van der Waals surface area contributed by atoms with Crippen LogP contribution in [0.1, 0.15) is 25.7 Å². The van der Waals surface area contributed by atoms with Crippen LogP contribution in [0.15, 0.2) is 29.2 Å². The molecule has 3 rings (SSSR count). The molecule has 5 heteroatoms. The SMILES string of the molecule is Nc1ccccc1S(=O)(=O)NCC1(C2CC2)CC1. The molecule has 0 aliphatic heterocycles. The van der Waals surface area contributed by atoms with Gasteiger partial charge in [-0.15, -0.1) is 0 Å². The molecule has 0 spiro atoms. The lowest BCUT2D eigenvalue weighted by Crippen LogP contribution is -2.31. The van der Waals surface area contributed by atoms with E-state index in [2.05, 4.69) is 4.72 Å². The maximum absolute atomic E-state index is 12.2. The third-order valence-corrected chi connectivity index (χ3v) is 5.63. The summed E-state index contributed by atoms with van der Waals surface area (Å²) >= 11 is 0. The number of para-hydroxylation sites is 1. The van der Waals surface area contributed by atoms with Gasteiger partial charge in [-0.3, -0.25) is 0 Å². The van der Waals surface area contributed by atoms with E-state index in [4.69, 9.17) is 5.73 Å². The van der Waals surface area contributed by atoms with Gasteiger partial charge in [0.2, 0.25) is 10.0 Å². The van der Waals surface area contributed by atoms with E-state index in [9.17, 15) is 8.42 Å². The Morgan fingerprint density at radius 2 is 1.94 bits per heavy atom. The molecular weight excluding hydrogens is 248 g/mol. The van der Waals surface area contributed by atoms with Crippen LogP contribution in [0.4, 0.5) is 5.69 Å². The number of sulfonamides is 1. The van der Waals surface area contributed by atoms with Crippen LogP contribution in [-0.2, 0) is 10.0 Å². The van der Waals surface area contributed by atoms with Crippen molar-refractivity contribution in [2.75, 3.05) is 12.3 Å². The van der Waals surface area contributed by atoms with Crippen LogP contribution >= 0.6 is 0 Å². The highest BCUT2D eigenvalue weighted by molar-refractivity contribution is 7.89. The minimum absolute atomic E-state index is 0.191. The van der Waals surface area contributed by atoms with E-state index in [0.717, 1.165) is 18.8 Å². The average Bonchev–Trinajstić information content (AvgIpc) is 3.19. The first-order chi connectivity index (χ1) is 8.54. The van der Waals surface area contributed by atoms with Gasteiger partial charge in [0.1, 0.15) is 4.90 Å². The Kier molecular flexibility index (Phi) is 2.64. The van der Waals surface area contributed by atoms with E-state index >= 15 is 0 Å². The van der Waals surface area contributed by atoms with E-state index in [1.54, 1.807) is 24.3 Å². The van der Waals surface area contributed by atoms with Crippen LogP contribution in [0.5, 0.6) is 0 Å². The van der Waals surface area contributed by atoms with E-state index < -0.39 is 10.0 Å². The molecule has 0 aromatic heterocycles. The van der Waals surface area contributed by atoms with Crippen LogP contribution in [0.25, 0.3) is 0 Å². The van der Waals surface area contributed by atoms with Crippen LogP contribution in [-0.4, -0.2) is 15.0 Å². The molecule has 98 valence electrons. The van der Waals surface area contributed by atoms with Crippen molar-refractivity contribution in [3.05, 3.63) is 24.3 Å². The number of hydrogen-bond donors (Lipinski definition) is 2. The topological polar surface area (TPSA) is 72.2 Å². The van der Waals surface area contributed by atoms with Gasteiger partial charge in [-0.2, -0.15) is 0 Å². The molecule has 3 N–H and O–H groups in total. The minimum atomic E-state index is -3.46. The molecule has 2 aliphatic rings. The maximum Gasteiger partial charge on any atom is 0.242 e. The number of anilines is 1. The Bertz CT molecular complexity index is 560.